The van der Waals surface area contributed by atoms with Crippen molar-refractivity contribution in [1.29, 1.82) is 0 Å². The topological polar surface area (TPSA) is 34.4 Å². The Bertz CT molecular complexity index is 867. The van der Waals surface area contributed by atoms with Crippen molar-refractivity contribution in [2.75, 3.05) is 7.11 Å². The lowest BCUT2D eigenvalue weighted by Gasteiger charge is -2.18. The van der Waals surface area contributed by atoms with E-state index in [1.54, 1.807) is 13.2 Å². The summed E-state index contributed by atoms with van der Waals surface area (Å²) in [4.78, 5) is 1.25. The van der Waals surface area contributed by atoms with Gasteiger partial charge >= 0.3 is 0 Å². The summed E-state index contributed by atoms with van der Waals surface area (Å²) >= 11 is 1.82. The monoisotopic (exact) mass is 297 g/mol. The number of methoxy groups -OCH3 is 1. The van der Waals surface area contributed by atoms with Crippen molar-refractivity contribution in [1.82, 2.24) is 4.57 Å². The fraction of sp³-hybridized carbons (Fsp3) is 0.176. The van der Waals surface area contributed by atoms with E-state index >= 15 is 0 Å². The van der Waals surface area contributed by atoms with Gasteiger partial charge in [-0.15, -0.1) is 11.8 Å². The minimum Gasteiger partial charge on any atom is -0.508 e. The van der Waals surface area contributed by atoms with E-state index in [0.29, 0.717) is 5.75 Å². The molecule has 2 aromatic carbocycles. The van der Waals surface area contributed by atoms with E-state index in [-0.39, 0.29) is 0 Å². The van der Waals surface area contributed by atoms with E-state index in [2.05, 4.69) is 23.7 Å². The van der Waals surface area contributed by atoms with Crippen LogP contribution in [0.5, 0.6) is 11.5 Å². The number of aromatic nitrogens is 1. The first-order chi connectivity index (χ1) is 10.2. The van der Waals surface area contributed by atoms with Crippen LogP contribution in [0.1, 0.15) is 5.56 Å². The van der Waals surface area contributed by atoms with Crippen molar-refractivity contribution in [2.24, 2.45) is 7.05 Å². The van der Waals surface area contributed by atoms with Crippen molar-refractivity contribution >= 4 is 22.7 Å². The molecule has 0 unspecified atom stereocenters. The molecule has 0 radical (unpaired) electrons. The molecule has 0 saturated carbocycles. The van der Waals surface area contributed by atoms with Crippen LogP contribution in [0.15, 0.2) is 41.3 Å². The van der Waals surface area contributed by atoms with E-state index in [9.17, 15) is 5.11 Å². The maximum Gasteiger partial charge on any atom is 0.120 e. The summed E-state index contributed by atoms with van der Waals surface area (Å²) in [5, 5.41) is 10.9. The molecule has 0 atom stereocenters. The quantitative estimate of drug-likeness (QED) is 0.732. The second-order valence-corrected chi connectivity index (χ2v) is 6.26. The number of aryl methyl sites for hydroxylation is 1. The highest BCUT2D eigenvalue weighted by molar-refractivity contribution is 7.98. The van der Waals surface area contributed by atoms with Gasteiger partial charge in [-0.2, -0.15) is 0 Å². The number of nitrogens with zero attached hydrogens (tertiary/aromatic N) is 1. The van der Waals surface area contributed by atoms with E-state index in [1.807, 2.05) is 30.0 Å². The molecule has 0 fully saturated rings. The predicted molar refractivity (Wildman–Crippen MR) is 86.1 cm³/mol. The lowest BCUT2D eigenvalue weighted by molar-refractivity contribution is 0.414. The van der Waals surface area contributed by atoms with Gasteiger partial charge in [0.2, 0.25) is 0 Å². The Morgan fingerprint density at radius 1 is 1.19 bits per heavy atom. The molecule has 21 heavy (non-hydrogen) atoms. The molecule has 3 aromatic rings. The normalized spacial score (nSPS) is 13.0. The third-order valence-corrected chi connectivity index (χ3v) is 5.19. The van der Waals surface area contributed by atoms with Gasteiger partial charge in [0.05, 0.1) is 12.8 Å². The second-order valence-electron chi connectivity index (χ2n) is 5.24. The fourth-order valence-corrected chi connectivity index (χ4v) is 4.20. The Kier molecular flexibility index (Phi) is 2.69. The summed E-state index contributed by atoms with van der Waals surface area (Å²) in [7, 11) is 3.78. The van der Waals surface area contributed by atoms with E-state index in [1.165, 1.54) is 21.7 Å². The van der Waals surface area contributed by atoms with Crippen molar-refractivity contribution in [2.45, 2.75) is 10.6 Å². The molecular weight excluding hydrogens is 282 g/mol. The van der Waals surface area contributed by atoms with Crippen molar-refractivity contribution in [3.63, 3.8) is 0 Å². The molecule has 4 rings (SSSR count). The number of rotatable bonds is 1. The number of thioether (sulfide) groups is 1. The lowest BCUT2D eigenvalue weighted by Crippen LogP contribution is -1.99. The Morgan fingerprint density at radius 2 is 2.05 bits per heavy atom. The third-order valence-electron chi connectivity index (χ3n) is 4.10. The van der Waals surface area contributed by atoms with Crippen LogP contribution in [0, 0.1) is 0 Å². The molecule has 0 aliphatic carbocycles. The van der Waals surface area contributed by atoms with Crippen LogP contribution >= 0.6 is 11.8 Å². The highest BCUT2D eigenvalue weighted by Crippen LogP contribution is 2.46. The van der Waals surface area contributed by atoms with Gasteiger partial charge in [-0.3, -0.25) is 0 Å². The molecule has 1 aromatic heterocycles. The second kappa shape index (κ2) is 4.46. The molecule has 2 heterocycles. The molecule has 0 saturated heterocycles. The fourth-order valence-electron chi connectivity index (χ4n) is 3.09. The molecule has 4 heteroatoms. The SMILES string of the molecule is COc1ccc2c(c1)SCc1c-2n(C)c2ccc(O)cc12. The molecule has 1 aliphatic rings. The molecule has 0 bridgehead atoms. The van der Waals surface area contributed by atoms with Crippen molar-refractivity contribution in [3.05, 3.63) is 42.0 Å². The maximum absolute atomic E-state index is 9.77. The molecular formula is C17H15NO2S. The average molecular weight is 297 g/mol. The number of ether oxygens (including phenoxy) is 1. The van der Waals surface area contributed by atoms with Gasteiger partial charge in [0, 0.05) is 34.2 Å². The van der Waals surface area contributed by atoms with Gasteiger partial charge in [-0.1, -0.05) is 0 Å². The van der Waals surface area contributed by atoms with Crippen LogP contribution in [-0.2, 0) is 12.8 Å². The summed E-state index contributed by atoms with van der Waals surface area (Å²) < 4.78 is 7.54. The molecule has 106 valence electrons. The molecule has 0 spiro atoms. The van der Waals surface area contributed by atoms with E-state index in [4.69, 9.17) is 4.74 Å². The average Bonchev–Trinajstić information content (AvgIpc) is 2.79. The number of phenols is 1. The first-order valence-electron chi connectivity index (χ1n) is 6.80. The van der Waals surface area contributed by atoms with Crippen LogP contribution in [-0.4, -0.2) is 16.8 Å². The molecule has 3 nitrogen and oxygen atoms in total. The van der Waals surface area contributed by atoms with E-state index < -0.39 is 0 Å². The number of aromatic hydroxyl groups is 1. The van der Waals surface area contributed by atoms with Crippen LogP contribution in [0.25, 0.3) is 22.2 Å². The number of hydrogen-bond acceptors (Lipinski definition) is 3. The molecule has 1 aliphatic heterocycles. The number of fused-ring (bicyclic) bond motifs is 5. The van der Waals surface area contributed by atoms with Gasteiger partial charge in [0.15, 0.2) is 0 Å². The first-order valence-corrected chi connectivity index (χ1v) is 7.79. The Labute approximate surface area is 127 Å². The van der Waals surface area contributed by atoms with Crippen molar-refractivity contribution in [3.8, 4) is 22.8 Å². The van der Waals surface area contributed by atoms with Crippen LogP contribution < -0.4 is 4.74 Å². The third kappa shape index (κ3) is 1.75. The summed E-state index contributed by atoms with van der Waals surface area (Å²) in [6, 6.07) is 11.8. The van der Waals surface area contributed by atoms with Crippen LogP contribution in [0.2, 0.25) is 0 Å². The van der Waals surface area contributed by atoms with Crippen LogP contribution in [0.3, 0.4) is 0 Å². The van der Waals surface area contributed by atoms with Gasteiger partial charge in [-0.05, 0) is 42.0 Å². The number of phenolic OH excluding ortho intramolecular Hbond substituents is 1. The highest BCUT2D eigenvalue weighted by Gasteiger charge is 2.24. The standard InChI is InChI=1S/C17H15NO2S/c1-18-15-6-3-10(19)7-13(15)14-9-21-16-8-11(20-2)4-5-12(16)17(14)18/h3-8,19H,9H2,1-2H3. The zero-order chi connectivity index (χ0) is 14.6. The van der Waals surface area contributed by atoms with Gasteiger partial charge in [0.1, 0.15) is 11.5 Å². The molecule has 0 amide bonds. The van der Waals surface area contributed by atoms with Crippen LogP contribution in [0.4, 0.5) is 0 Å². The number of hydrogen-bond donors (Lipinski definition) is 1. The molecule has 1 N–H and O–H groups in total. The summed E-state index contributed by atoms with van der Waals surface area (Å²) in [6.45, 7) is 0. The smallest absolute Gasteiger partial charge is 0.120 e. The maximum atomic E-state index is 9.77. The Morgan fingerprint density at radius 3 is 2.86 bits per heavy atom. The summed E-state index contributed by atoms with van der Waals surface area (Å²) in [5.41, 5.74) is 4.93. The van der Waals surface area contributed by atoms with E-state index in [0.717, 1.165) is 22.4 Å². The highest BCUT2D eigenvalue weighted by atomic mass is 32.2. The minimum absolute atomic E-state index is 0.321. The lowest BCUT2D eigenvalue weighted by atomic mass is 10.1. The Hall–Kier alpha value is -2.07. The minimum atomic E-state index is 0.321. The van der Waals surface area contributed by atoms with Crippen molar-refractivity contribution < 1.29 is 9.84 Å². The zero-order valence-corrected chi connectivity index (χ0v) is 12.7. The number of benzene rings is 2. The van der Waals surface area contributed by atoms with Gasteiger partial charge in [-0.25, -0.2) is 0 Å². The largest absolute Gasteiger partial charge is 0.508 e. The summed E-state index contributed by atoms with van der Waals surface area (Å²) in [6.07, 6.45) is 0. The Balaban J connectivity index is 2.04. The summed E-state index contributed by atoms with van der Waals surface area (Å²) in [5.74, 6) is 2.12. The van der Waals surface area contributed by atoms with Gasteiger partial charge in [0.25, 0.3) is 0 Å². The first kappa shape index (κ1) is 12.7. The predicted octanol–water partition coefficient (Wildman–Crippen LogP) is 4.17. The van der Waals surface area contributed by atoms with Gasteiger partial charge < -0.3 is 14.4 Å². The zero-order valence-electron chi connectivity index (χ0n) is 11.9.